The second-order valence-electron chi connectivity index (χ2n) is 6.44. The molecule has 0 heterocycles. The zero-order valence-electron chi connectivity index (χ0n) is 18.1. The van der Waals surface area contributed by atoms with Crippen LogP contribution in [0.5, 0.6) is 0 Å². The molecule has 0 aromatic rings. The van der Waals surface area contributed by atoms with Crippen LogP contribution in [0.3, 0.4) is 0 Å². The number of carbonyl (C=O) groups excluding carboxylic acids is 1. The fourth-order valence-electron chi connectivity index (χ4n) is 2.66. The second-order valence-corrected chi connectivity index (χ2v) is 6.44. The Labute approximate surface area is 172 Å². The van der Waals surface area contributed by atoms with Crippen LogP contribution in [0.2, 0.25) is 0 Å². The quantitative estimate of drug-likeness (QED) is 0.160. The summed E-state index contributed by atoms with van der Waals surface area (Å²) in [5.41, 5.74) is 0. The molecule has 0 bridgehead atoms. The van der Waals surface area contributed by atoms with E-state index < -0.39 is 11.9 Å². The first-order valence-corrected chi connectivity index (χ1v) is 9.74. The molecule has 0 aliphatic rings. The molecule has 0 spiro atoms. The Morgan fingerprint density at radius 3 is 1.56 bits per heavy atom. The summed E-state index contributed by atoms with van der Waals surface area (Å²) in [4.78, 5) is 21.3. The SMILES string of the molecule is CCCCCCCCCCCCCCCCOC(=O)C=CC(=O)O.[H-].[H-].[Mg+2]. The van der Waals surface area contributed by atoms with Crippen molar-refractivity contribution < 1.29 is 22.3 Å². The van der Waals surface area contributed by atoms with E-state index >= 15 is 0 Å². The second kappa shape index (κ2) is 21.5. The molecule has 0 amide bonds. The number of carboxylic acid groups (broad SMARTS) is 1. The van der Waals surface area contributed by atoms with Crippen molar-refractivity contribution in [2.45, 2.75) is 96.8 Å². The van der Waals surface area contributed by atoms with Gasteiger partial charge in [-0.1, -0.05) is 90.4 Å². The molecule has 5 heteroatoms. The molecule has 0 aliphatic carbocycles. The largest absolute Gasteiger partial charge is 2.00 e. The van der Waals surface area contributed by atoms with Crippen LogP contribution < -0.4 is 0 Å². The number of carboxylic acids is 1. The minimum Gasteiger partial charge on any atom is -1.00 e. The molecule has 0 fully saturated rings. The molecule has 144 valence electrons. The van der Waals surface area contributed by atoms with Crippen molar-refractivity contribution in [1.29, 1.82) is 0 Å². The summed E-state index contributed by atoms with van der Waals surface area (Å²) in [6.45, 7) is 2.63. The van der Waals surface area contributed by atoms with E-state index in [0.29, 0.717) is 6.61 Å². The van der Waals surface area contributed by atoms with Gasteiger partial charge in [-0.3, -0.25) is 0 Å². The van der Waals surface area contributed by atoms with Gasteiger partial charge in [-0.15, -0.1) is 0 Å². The molecule has 0 atom stereocenters. The summed E-state index contributed by atoms with van der Waals surface area (Å²) < 4.78 is 4.91. The van der Waals surface area contributed by atoms with Crippen molar-refractivity contribution >= 4 is 35.0 Å². The van der Waals surface area contributed by atoms with Crippen LogP contribution in [-0.4, -0.2) is 46.7 Å². The van der Waals surface area contributed by atoms with Crippen LogP contribution in [0.25, 0.3) is 0 Å². The number of aliphatic carboxylic acids is 1. The van der Waals surface area contributed by atoms with Gasteiger partial charge in [-0.2, -0.15) is 0 Å². The van der Waals surface area contributed by atoms with Crippen LogP contribution in [-0.2, 0) is 14.3 Å². The van der Waals surface area contributed by atoms with E-state index in [9.17, 15) is 9.59 Å². The van der Waals surface area contributed by atoms with Gasteiger partial charge in [0.2, 0.25) is 0 Å². The summed E-state index contributed by atoms with van der Waals surface area (Å²) in [7, 11) is 0. The summed E-state index contributed by atoms with van der Waals surface area (Å²) in [6.07, 6.45) is 19.8. The van der Waals surface area contributed by atoms with E-state index in [0.717, 1.165) is 25.0 Å². The van der Waals surface area contributed by atoms with Crippen molar-refractivity contribution in [3.63, 3.8) is 0 Å². The maximum absolute atomic E-state index is 11.1. The van der Waals surface area contributed by atoms with Gasteiger partial charge in [-0.05, 0) is 6.42 Å². The molecule has 0 saturated heterocycles. The topological polar surface area (TPSA) is 63.6 Å². The molecule has 0 aliphatic heterocycles. The normalized spacial score (nSPS) is 10.6. The number of unbranched alkanes of at least 4 members (excludes halogenated alkanes) is 13. The van der Waals surface area contributed by atoms with Gasteiger partial charge >= 0.3 is 35.0 Å². The molecular formula is C20H38MgO4. The fourth-order valence-corrected chi connectivity index (χ4v) is 2.66. The summed E-state index contributed by atoms with van der Waals surface area (Å²) in [6, 6.07) is 0. The molecule has 4 nitrogen and oxygen atoms in total. The number of esters is 1. The van der Waals surface area contributed by atoms with Crippen LogP contribution in [0.4, 0.5) is 0 Å². The zero-order chi connectivity index (χ0) is 17.9. The monoisotopic (exact) mass is 366 g/mol. The van der Waals surface area contributed by atoms with Crippen molar-refractivity contribution in [1.82, 2.24) is 0 Å². The third kappa shape index (κ3) is 23.4. The van der Waals surface area contributed by atoms with Crippen molar-refractivity contribution in [3.8, 4) is 0 Å². The summed E-state index contributed by atoms with van der Waals surface area (Å²) in [5.74, 6) is -1.71. The molecule has 0 aromatic carbocycles. The smallest absolute Gasteiger partial charge is 1.00 e. The Hall–Kier alpha value is -0.554. The predicted octanol–water partition coefficient (Wildman–Crippen LogP) is 5.50. The number of ether oxygens (including phenoxy) is 1. The Balaban J connectivity index is -0.000000882. The molecule has 1 N–H and O–H groups in total. The van der Waals surface area contributed by atoms with Crippen molar-refractivity contribution in [2.75, 3.05) is 6.61 Å². The Bertz CT molecular complexity index is 353. The molecule has 0 saturated carbocycles. The first kappa shape index (κ1) is 26.7. The van der Waals surface area contributed by atoms with Gasteiger partial charge in [0, 0.05) is 12.2 Å². The molecule has 25 heavy (non-hydrogen) atoms. The molecule has 0 aromatic heterocycles. The van der Waals surface area contributed by atoms with Gasteiger partial charge < -0.3 is 12.7 Å². The number of rotatable bonds is 17. The summed E-state index contributed by atoms with van der Waals surface area (Å²) >= 11 is 0. The first-order chi connectivity index (χ1) is 11.7. The zero-order valence-corrected chi connectivity index (χ0v) is 17.6. The van der Waals surface area contributed by atoms with E-state index in [1.165, 1.54) is 77.0 Å². The van der Waals surface area contributed by atoms with Gasteiger partial charge in [0.05, 0.1) is 6.61 Å². The van der Waals surface area contributed by atoms with Crippen LogP contribution in [0.1, 0.15) is 99.7 Å². The fraction of sp³-hybridized carbons (Fsp3) is 0.800. The maximum Gasteiger partial charge on any atom is 2.00 e. The third-order valence-corrected chi connectivity index (χ3v) is 4.10. The Morgan fingerprint density at radius 1 is 0.760 bits per heavy atom. The number of hydrogen-bond acceptors (Lipinski definition) is 3. The van der Waals surface area contributed by atoms with E-state index in [-0.39, 0.29) is 25.9 Å². The maximum atomic E-state index is 11.1. The van der Waals surface area contributed by atoms with E-state index in [2.05, 4.69) is 6.92 Å². The molecule has 0 radical (unpaired) electrons. The van der Waals surface area contributed by atoms with Crippen LogP contribution in [0, 0.1) is 0 Å². The Morgan fingerprint density at radius 2 is 1.16 bits per heavy atom. The van der Waals surface area contributed by atoms with E-state index in [1.54, 1.807) is 0 Å². The van der Waals surface area contributed by atoms with Gasteiger partial charge in [0.25, 0.3) is 0 Å². The number of hydrogen-bond donors (Lipinski definition) is 1. The average Bonchev–Trinajstić information content (AvgIpc) is 2.56. The minimum absolute atomic E-state index is 0. The van der Waals surface area contributed by atoms with E-state index in [1.807, 2.05) is 0 Å². The standard InChI is InChI=1S/C20H36O4.Mg.2H/c1-2-3-4-5-6-7-8-9-10-11-12-13-14-15-18-24-20(23)17-16-19(21)22;;;/h16-17H,2-15,18H2,1H3,(H,21,22);;;/q;+2;2*-1. The predicted molar refractivity (Wildman–Crippen MR) is 106 cm³/mol. The van der Waals surface area contributed by atoms with Crippen LogP contribution >= 0.6 is 0 Å². The van der Waals surface area contributed by atoms with Crippen LogP contribution in [0.15, 0.2) is 12.2 Å². The van der Waals surface area contributed by atoms with Gasteiger partial charge in [0.1, 0.15) is 0 Å². The molecular weight excluding hydrogens is 329 g/mol. The minimum atomic E-state index is -1.14. The van der Waals surface area contributed by atoms with Gasteiger partial charge in [-0.25, -0.2) is 9.59 Å². The molecule has 0 rings (SSSR count). The Kier molecular flexibility index (Phi) is 22.9. The van der Waals surface area contributed by atoms with Crippen molar-refractivity contribution in [2.24, 2.45) is 0 Å². The van der Waals surface area contributed by atoms with Gasteiger partial charge in [0.15, 0.2) is 0 Å². The summed E-state index contributed by atoms with van der Waals surface area (Å²) in [5, 5.41) is 8.37. The molecule has 0 unspecified atom stereocenters. The number of carbonyl (C=O) groups is 2. The van der Waals surface area contributed by atoms with Crippen molar-refractivity contribution in [3.05, 3.63) is 12.2 Å². The van der Waals surface area contributed by atoms with E-state index in [4.69, 9.17) is 9.84 Å². The third-order valence-electron chi connectivity index (χ3n) is 4.10. The first-order valence-electron chi connectivity index (χ1n) is 9.74. The average molecular weight is 367 g/mol.